The van der Waals surface area contributed by atoms with Gasteiger partial charge in [-0.3, -0.25) is 0 Å². The average Bonchev–Trinajstić information content (AvgIpc) is 3.12. The van der Waals surface area contributed by atoms with Crippen molar-refractivity contribution in [2.24, 2.45) is 0 Å². The van der Waals surface area contributed by atoms with E-state index < -0.39 is 0 Å². The summed E-state index contributed by atoms with van der Waals surface area (Å²) in [5, 5.41) is 11.8. The van der Waals surface area contributed by atoms with Gasteiger partial charge in [-0.05, 0) is 61.3 Å². The molecule has 30 heavy (non-hydrogen) atoms. The van der Waals surface area contributed by atoms with E-state index >= 15 is 0 Å². The monoisotopic (exact) mass is 430 g/mol. The third-order valence-corrected chi connectivity index (χ3v) is 6.15. The number of carbonyl (C=O) groups excluding carboxylic acids is 1. The normalized spacial score (nSPS) is 16.2. The van der Waals surface area contributed by atoms with Crippen LogP contribution in [0.1, 0.15) is 33.3 Å². The molecule has 0 spiro atoms. The molecule has 1 saturated heterocycles. The van der Waals surface area contributed by atoms with Gasteiger partial charge in [-0.2, -0.15) is 0 Å². The zero-order valence-electron chi connectivity index (χ0n) is 17.1. The molecular weight excluding hydrogens is 403 g/mol. The van der Waals surface area contributed by atoms with Crippen LogP contribution in [0.4, 0.5) is 10.1 Å². The minimum atomic E-state index is -0.350. The van der Waals surface area contributed by atoms with E-state index in [1.165, 1.54) is 12.1 Å². The Balaban J connectivity index is 1.68. The number of aryl methyl sites for hydroxylation is 1. The summed E-state index contributed by atoms with van der Waals surface area (Å²) in [4.78, 5) is 14.5. The Bertz CT molecular complexity index is 889. The first kappa shape index (κ1) is 22.3. The van der Waals surface area contributed by atoms with Crippen LogP contribution in [0.5, 0.6) is 0 Å². The highest BCUT2D eigenvalue weighted by molar-refractivity contribution is 8.00. The highest BCUT2D eigenvalue weighted by Gasteiger charge is 2.31. The van der Waals surface area contributed by atoms with Crippen LogP contribution in [0.15, 0.2) is 54.7 Å². The van der Waals surface area contributed by atoms with Crippen LogP contribution in [0.2, 0.25) is 0 Å². The molecule has 160 valence electrons. The number of aliphatic hydroxyl groups excluding tert-OH is 1. The summed E-state index contributed by atoms with van der Waals surface area (Å²) in [6.45, 7) is 7.79. The third kappa shape index (κ3) is 5.41. The number of esters is 1. The van der Waals surface area contributed by atoms with Crippen molar-refractivity contribution in [2.45, 2.75) is 18.7 Å². The molecule has 0 bridgehead atoms. The highest BCUT2D eigenvalue weighted by Crippen LogP contribution is 2.46. The minimum Gasteiger partial charge on any atom is -0.462 e. The second kappa shape index (κ2) is 10.6. The zero-order valence-corrected chi connectivity index (χ0v) is 17.9. The number of anilines is 1. The maximum Gasteiger partial charge on any atom is 0.338 e. The molecule has 0 aromatic heterocycles. The Kier molecular flexibility index (Phi) is 7.90. The second-order valence-electron chi connectivity index (χ2n) is 7.12. The highest BCUT2D eigenvalue weighted by atomic mass is 32.2. The number of thioether (sulfide) groups is 1. The molecule has 2 aromatic rings. The number of carbonyl (C=O) groups is 1. The summed E-state index contributed by atoms with van der Waals surface area (Å²) in [5.41, 5.74) is 4.42. The average molecular weight is 431 g/mol. The van der Waals surface area contributed by atoms with E-state index in [1.807, 2.05) is 19.1 Å². The van der Waals surface area contributed by atoms with Crippen LogP contribution in [0, 0.1) is 12.7 Å². The minimum absolute atomic E-state index is 0.0148. The van der Waals surface area contributed by atoms with Crippen molar-refractivity contribution in [1.82, 2.24) is 5.32 Å². The Morgan fingerprint density at radius 1 is 1.30 bits per heavy atom. The van der Waals surface area contributed by atoms with E-state index in [0.717, 1.165) is 28.3 Å². The van der Waals surface area contributed by atoms with Crippen molar-refractivity contribution in [1.29, 1.82) is 0 Å². The molecule has 1 aliphatic heterocycles. The van der Waals surface area contributed by atoms with Gasteiger partial charge in [0.2, 0.25) is 0 Å². The molecule has 1 unspecified atom stereocenters. The number of benzene rings is 2. The molecule has 0 radical (unpaired) electrons. The largest absolute Gasteiger partial charge is 0.462 e. The summed E-state index contributed by atoms with van der Waals surface area (Å²) in [7, 11) is 0. The van der Waals surface area contributed by atoms with Crippen molar-refractivity contribution < 1.29 is 19.0 Å². The van der Waals surface area contributed by atoms with Gasteiger partial charge < -0.3 is 20.1 Å². The van der Waals surface area contributed by atoms with Gasteiger partial charge in [0.25, 0.3) is 0 Å². The standard InChI is InChI=1S/C23H27FN2O3S/c1-16-14-19(23(28)29-13-3-10-25-11-12-27)6-9-21(16)26-17(2)15-30-22(26)18-4-7-20(24)8-5-18/h4-9,14,22,25,27H,2-3,10-13,15H2,1H3. The third-order valence-electron chi connectivity index (χ3n) is 4.85. The lowest BCUT2D eigenvalue weighted by Gasteiger charge is -2.28. The van der Waals surface area contributed by atoms with E-state index in [2.05, 4.69) is 16.8 Å². The van der Waals surface area contributed by atoms with Crippen LogP contribution in [0.25, 0.3) is 0 Å². The lowest BCUT2D eigenvalue weighted by molar-refractivity contribution is 0.0500. The van der Waals surface area contributed by atoms with E-state index in [4.69, 9.17) is 9.84 Å². The number of hydrogen-bond acceptors (Lipinski definition) is 6. The maximum absolute atomic E-state index is 13.3. The number of nitrogens with one attached hydrogen (secondary N) is 1. The molecule has 5 nitrogen and oxygen atoms in total. The molecular formula is C23H27FN2O3S. The Labute approximate surface area is 180 Å². The fraction of sp³-hybridized carbons (Fsp3) is 0.348. The fourth-order valence-corrected chi connectivity index (χ4v) is 4.61. The molecule has 7 heteroatoms. The summed E-state index contributed by atoms with van der Waals surface area (Å²) in [6, 6.07) is 12.1. The van der Waals surface area contributed by atoms with Crippen LogP contribution in [-0.2, 0) is 4.74 Å². The summed E-state index contributed by atoms with van der Waals surface area (Å²) >= 11 is 1.74. The Hall–Kier alpha value is -2.35. The molecule has 1 fully saturated rings. The topological polar surface area (TPSA) is 61.8 Å². The number of rotatable bonds is 9. The van der Waals surface area contributed by atoms with E-state index in [-0.39, 0.29) is 23.8 Å². The van der Waals surface area contributed by atoms with Crippen LogP contribution in [0.3, 0.4) is 0 Å². The lowest BCUT2D eigenvalue weighted by Crippen LogP contribution is -2.22. The summed E-state index contributed by atoms with van der Waals surface area (Å²) < 4.78 is 18.7. The summed E-state index contributed by atoms with van der Waals surface area (Å²) in [5.74, 6) is 0.183. The van der Waals surface area contributed by atoms with Crippen molar-refractivity contribution in [2.75, 3.05) is 37.0 Å². The smallest absolute Gasteiger partial charge is 0.338 e. The first-order valence-electron chi connectivity index (χ1n) is 9.94. The van der Waals surface area contributed by atoms with Gasteiger partial charge in [-0.15, -0.1) is 11.8 Å². The first-order chi connectivity index (χ1) is 14.5. The van der Waals surface area contributed by atoms with E-state index in [1.54, 1.807) is 30.0 Å². The van der Waals surface area contributed by atoms with Crippen molar-refractivity contribution in [3.63, 3.8) is 0 Å². The van der Waals surface area contributed by atoms with Gasteiger partial charge in [0, 0.05) is 23.7 Å². The summed E-state index contributed by atoms with van der Waals surface area (Å²) in [6.07, 6.45) is 0.687. The number of nitrogens with zero attached hydrogens (tertiary/aromatic N) is 1. The maximum atomic E-state index is 13.3. The fourth-order valence-electron chi connectivity index (χ4n) is 3.36. The predicted octanol–water partition coefficient (Wildman–Crippen LogP) is 4.03. The Morgan fingerprint density at radius 3 is 2.77 bits per heavy atom. The number of aliphatic hydroxyl groups is 1. The van der Waals surface area contributed by atoms with Gasteiger partial charge in [-0.25, -0.2) is 9.18 Å². The van der Waals surface area contributed by atoms with Crippen molar-refractivity contribution >= 4 is 23.4 Å². The predicted molar refractivity (Wildman–Crippen MR) is 119 cm³/mol. The lowest BCUT2D eigenvalue weighted by atomic mass is 10.1. The SMILES string of the molecule is C=C1CSC(c2ccc(F)cc2)N1c1ccc(C(=O)OCCCNCCO)cc1C. The van der Waals surface area contributed by atoms with Crippen LogP contribution < -0.4 is 10.2 Å². The van der Waals surface area contributed by atoms with E-state index in [0.29, 0.717) is 31.7 Å². The molecule has 3 rings (SSSR count). The van der Waals surface area contributed by atoms with Gasteiger partial charge in [0.1, 0.15) is 11.2 Å². The van der Waals surface area contributed by atoms with Crippen LogP contribution >= 0.6 is 11.8 Å². The Morgan fingerprint density at radius 2 is 2.07 bits per heavy atom. The second-order valence-corrected chi connectivity index (χ2v) is 8.18. The number of ether oxygens (including phenoxy) is 1. The number of hydrogen-bond donors (Lipinski definition) is 2. The van der Waals surface area contributed by atoms with Crippen molar-refractivity contribution in [3.8, 4) is 0 Å². The molecule has 2 N–H and O–H groups in total. The molecule has 2 aromatic carbocycles. The van der Waals surface area contributed by atoms with Gasteiger partial charge in [-0.1, -0.05) is 18.7 Å². The van der Waals surface area contributed by atoms with Gasteiger partial charge in [0.15, 0.2) is 0 Å². The number of halogens is 1. The quantitative estimate of drug-likeness (QED) is 0.463. The van der Waals surface area contributed by atoms with Crippen LogP contribution in [-0.4, -0.2) is 43.1 Å². The first-order valence-corrected chi connectivity index (χ1v) is 11.0. The van der Waals surface area contributed by atoms with Gasteiger partial charge >= 0.3 is 5.97 Å². The molecule has 1 heterocycles. The van der Waals surface area contributed by atoms with E-state index in [9.17, 15) is 9.18 Å². The molecule has 1 atom stereocenters. The molecule has 0 aliphatic carbocycles. The van der Waals surface area contributed by atoms with Crippen molar-refractivity contribution in [3.05, 3.63) is 77.2 Å². The molecule has 1 aliphatic rings. The zero-order chi connectivity index (χ0) is 21.5. The molecule has 0 amide bonds. The molecule has 0 saturated carbocycles. The van der Waals surface area contributed by atoms with Gasteiger partial charge in [0.05, 0.1) is 18.8 Å².